The summed E-state index contributed by atoms with van der Waals surface area (Å²) >= 11 is 0. The first kappa shape index (κ1) is 11.3. The Morgan fingerprint density at radius 1 is 1.57 bits per heavy atom. The molecule has 1 rings (SSSR count). The molecule has 0 aliphatic carbocycles. The van der Waals surface area contributed by atoms with Gasteiger partial charge in [-0.1, -0.05) is 0 Å². The van der Waals surface area contributed by atoms with Gasteiger partial charge in [0.25, 0.3) is 0 Å². The van der Waals surface area contributed by atoms with Crippen LogP contribution in [0.2, 0.25) is 0 Å². The largest absolute Gasteiger partial charge is 0.376 e. The van der Waals surface area contributed by atoms with E-state index in [1.54, 1.807) is 0 Å². The van der Waals surface area contributed by atoms with Gasteiger partial charge in [-0.05, 0) is 27.2 Å². The highest BCUT2D eigenvalue weighted by atomic mass is 16.5. The standard InChI is InChI=1S/C10H21N3O/c1-7(2)12-10(11)13(4)9-5-6-14-8(9)3/h7-9H,5-6H2,1-4H3,(H2,11,12). The number of nitrogens with two attached hydrogens (primary N) is 1. The van der Waals surface area contributed by atoms with Crippen LogP contribution in [-0.2, 0) is 4.74 Å². The van der Waals surface area contributed by atoms with E-state index in [1.165, 1.54) is 0 Å². The SMILES string of the molecule is CC(C)N=C(N)N(C)C1CCOC1C. The second-order valence-electron chi connectivity index (χ2n) is 4.12. The van der Waals surface area contributed by atoms with Gasteiger partial charge in [0.05, 0.1) is 12.1 Å². The smallest absolute Gasteiger partial charge is 0.191 e. The molecule has 14 heavy (non-hydrogen) atoms. The van der Waals surface area contributed by atoms with Crippen LogP contribution in [0.1, 0.15) is 27.2 Å². The molecule has 0 aromatic heterocycles. The maximum Gasteiger partial charge on any atom is 0.191 e. The summed E-state index contributed by atoms with van der Waals surface area (Å²) in [7, 11) is 1.98. The van der Waals surface area contributed by atoms with Gasteiger partial charge in [-0.3, -0.25) is 4.99 Å². The van der Waals surface area contributed by atoms with E-state index >= 15 is 0 Å². The molecule has 1 fully saturated rings. The minimum atomic E-state index is 0.245. The summed E-state index contributed by atoms with van der Waals surface area (Å²) in [6, 6.07) is 0.618. The lowest BCUT2D eigenvalue weighted by atomic mass is 10.1. The Labute approximate surface area is 86.1 Å². The molecule has 82 valence electrons. The number of guanidine groups is 1. The van der Waals surface area contributed by atoms with Crippen molar-refractivity contribution in [2.75, 3.05) is 13.7 Å². The van der Waals surface area contributed by atoms with Crippen LogP contribution in [0.15, 0.2) is 4.99 Å². The van der Waals surface area contributed by atoms with E-state index in [2.05, 4.69) is 11.9 Å². The van der Waals surface area contributed by atoms with Gasteiger partial charge in [-0.25, -0.2) is 0 Å². The maximum atomic E-state index is 5.88. The van der Waals surface area contributed by atoms with Gasteiger partial charge in [0, 0.05) is 19.7 Å². The van der Waals surface area contributed by atoms with Crippen molar-refractivity contribution in [3.05, 3.63) is 0 Å². The second-order valence-corrected chi connectivity index (χ2v) is 4.12. The fourth-order valence-electron chi connectivity index (χ4n) is 1.75. The molecule has 1 saturated heterocycles. The van der Waals surface area contributed by atoms with Crippen molar-refractivity contribution in [1.29, 1.82) is 0 Å². The van der Waals surface area contributed by atoms with Crippen molar-refractivity contribution < 1.29 is 4.74 Å². The Morgan fingerprint density at radius 2 is 2.21 bits per heavy atom. The Hall–Kier alpha value is -0.770. The molecule has 2 unspecified atom stereocenters. The number of rotatable bonds is 2. The fraction of sp³-hybridized carbons (Fsp3) is 0.900. The first-order valence-corrected chi connectivity index (χ1v) is 5.20. The van der Waals surface area contributed by atoms with Crippen molar-refractivity contribution in [2.24, 2.45) is 10.7 Å². The normalized spacial score (nSPS) is 28.5. The van der Waals surface area contributed by atoms with Gasteiger partial charge >= 0.3 is 0 Å². The molecule has 2 N–H and O–H groups in total. The predicted octanol–water partition coefficient (Wildman–Crippen LogP) is 0.819. The summed E-state index contributed by atoms with van der Waals surface area (Å²) in [6.07, 6.45) is 1.28. The summed E-state index contributed by atoms with van der Waals surface area (Å²) in [6.45, 7) is 6.95. The molecule has 4 nitrogen and oxygen atoms in total. The van der Waals surface area contributed by atoms with Gasteiger partial charge in [-0.15, -0.1) is 0 Å². The summed E-state index contributed by atoms with van der Waals surface area (Å²) in [5.74, 6) is 0.613. The average Bonchev–Trinajstić information content (AvgIpc) is 2.48. The highest BCUT2D eigenvalue weighted by Crippen LogP contribution is 2.17. The zero-order chi connectivity index (χ0) is 10.7. The summed E-state index contributed by atoms with van der Waals surface area (Å²) in [5.41, 5.74) is 5.88. The van der Waals surface area contributed by atoms with E-state index in [-0.39, 0.29) is 12.1 Å². The summed E-state index contributed by atoms with van der Waals surface area (Å²) in [4.78, 5) is 6.35. The molecule has 0 bridgehead atoms. The highest BCUT2D eigenvalue weighted by molar-refractivity contribution is 5.78. The predicted molar refractivity (Wildman–Crippen MR) is 58.3 cm³/mol. The van der Waals surface area contributed by atoms with Gasteiger partial charge < -0.3 is 15.4 Å². The second kappa shape index (κ2) is 4.64. The topological polar surface area (TPSA) is 50.8 Å². The van der Waals surface area contributed by atoms with Crippen molar-refractivity contribution in [2.45, 2.75) is 45.4 Å². The van der Waals surface area contributed by atoms with Gasteiger partial charge in [0.1, 0.15) is 0 Å². The number of hydrogen-bond donors (Lipinski definition) is 1. The molecule has 2 atom stereocenters. The van der Waals surface area contributed by atoms with E-state index in [9.17, 15) is 0 Å². The van der Waals surface area contributed by atoms with Crippen LogP contribution < -0.4 is 5.73 Å². The molecule has 1 aliphatic heterocycles. The summed E-state index contributed by atoms with van der Waals surface area (Å²) in [5, 5.41) is 0. The zero-order valence-corrected chi connectivity index (χ0v) is 9.53. The third kappa shape index (κ3) is 2.61. The lowest BCUT2D eigenvalue weighted by molar-refractivity contribution is 0.0995. The van der Waals surface area contributed by atoms with Gasteiger partial charge in [0.15, 0.2) is 5.96 Å². The fourth-order valence-corrected chi connectivity index (χ4v) is 1.75. The van der Waals surface area contributed by atoms with Crippen molar-refractivity contribution in [1.82, 2.24) is 4.90 Å². The third-order valence-electron chi connectivity index (χ3n) is 2.59. The highest BCUT2D eigenvalue weighted by Gasteiger charge is 2.28. The Kier molecular flexibility index (Phi) is 3.75. The minimum Gasteiger partial charge on any atom is -0.376 e. The van der Waals surface area contributed by atoms with Crippen LogP contribution in [-0.4, -0.2) is 42.7 Å². The Balaban J connectivity index is 2.59. The number of aliphatic imine (C=N–C) groups is 1. The van der Waals surface area contributed by atoms with Crippen LogP contribution in [0, 0.1) is 0 Å². The van der Waals surface area contributed by atoms with E-state index in [1.807, 2.05) is 25.8 Å². The molecule has 0 spiro atoms. The van der Waals surface area contributed by atoms with Crippen LogP contribution >= 0.6 is 0 Å². The van der Waals surface area contributed by atoms with Crippen LogP contribution in [0.3, 0.4) is 0 Å². The number of ether oxygens (including phenoxy) is 1. The minimum absolute atomic E-state index is 0.245. The van der Waals surface area contributed by atoms with E-state index in [0.717, 1.165) is 13.0 Å². The Bertz CT molecular complexity index is 215. The maximum absolute atomic E-state index is 5.88. The molecule has 0 radical (unpaired) electrons. The number of nitrogens with zero attached hydrogens (tertiary/aromatic N) is 2. The molecule has 1 heterocycles. The average molecular weight is 199 g/mol. The van der Waals surface area contributed by atoms with Gasteiger partial charge in [-0.2, -0.15) is 0 Å². The third-order valence-corrected chi connectivity index (χ3v) is 2.59. The molecule has 4 heteroatoms. The number of likely N-dealkylation sites (N-methyl/N-ethyl adjacent to an activating group) is 1. The van der Waals surface area contributed by atoms with Crippen LogP contribution in [0.25, 0.3) is 0 Å². The molecule has 0 amide bonds. The van der Waals surface area contributed by atoms with E-state index in [0.29, 0.717) is 12.0 Å². The van der Waals surface area contributed by atoms with Crippen molar-refractivity contribution >= 4 is 5.96 Å². The summed E-state index contributed by atoms with van der Waals surface area (Å²) < 4.78 is 5.49. The lowest BCUT2D eigenvalue weighted by Crippen LogP contribution is -2.45. The molecule has 0 aromatic rings. The quantitative estimate of drug-likeness (QED) is 0.529. The van der Waals surface area contributed by atoms with Crippen molar-refractivity contribution in [3.63, 3.8) is 0 Å². The van der Waals surface area contributed by atoms with Crippen LogP contribution in [0.5, 0.6) is 0 Å². The number of hydrogen-bond acceptors (Lipinski definition) is 2. The molecular weight excluding hydrogens is 178 g/mol. The van der Waals surface area contributed by atoms with E-state index in [4.69, 9.17) is 10.5 Å². The molecular formula is C10H21N3O. The van der Waals surface area contributed by atoms with Gasteiger partial charge in [0.2, 0.25) is 0 Å². The van der Waals surface area contributed by atoms with E-state index < -0.39 is 0 Å². The lowest BCUT2D eigenvalue weighted by Gasteiger charge is -2.27. The first-order valence-electron chi connectivity index (χ1n) is 5.20. The van der Waals surface area contributed by atoms with Crippen LogP contribution in [0.4, 0.5) is 0 Å². The molecule has 0 saturated carbocycles. The molecule has 1 aliphatic rings. The molecule has 0 aromatic carbocycles. The Morgan fingerprint density at radius 3 is 2.64 bits per heavy atom. The van der Waals surface area contributed by atoms with Crippen molar-refractivity contribution in [3.8, 4) is 0 Å². The first-order chi connectivity index (χ1) is 6.52. The zero-order valence-electron chi connectivity index (χ0n) is 9.53. The monoisotopic (exact) mass is 199 g/mol.